The van der Waals surface area contributed by atoms with Gasteiger partial charge in [-0.05, 0) is 48.2 Å². The molecule has 0 aliphatic heterocycles. The van der Waals surface area contributed by atoms with Crippen molar-refractivity contribution in [3.05, 3.63) is 59.2 Å². The smallest absolute Gasteiger partial charge is 0.430 e. The highest BCUT2D eigenvalue weighted by Gasteiger charge is 2.73. The van der Waals surface area contributed by atoms with E-state index in [1.54, 1.807) is 24.3 Å². The highest BCUT2D eigenvalue weighted by molar-refractivity contribution is 5.41. The third-order valence-electron chi connectivity index (χ3n) is 4.52. The Morgan fingerprint density at radius 1 is 0.833 bits per heavy atom. The fourth-order valence-electron chi connectivity index (χ4n) is 2.96. The molecule has 2 rings (SSSR count). The second kappa shape index (κ2) is 9.13. The summed E-state index contributed by atoms with van der Waals surface area (Å²) in [5.74, 6) is 0.177. The van der Waals surface area contributed by atoms with E-state index in [1.807, 2.05) is 0 Å². The molecule has 0 bridgehead atoms. The average Bonchev–Trinajstić information content (AvgIpc) is 2.66. The number of alkyl halides is 6. The van der Waals surface area contributed by atoms with Gasteiger partial charge < -0.3 is 19.3 Å². The van der Waals surface area contributed by atoms with Crippen LogP contribution in [-0.2, 0) is 27.9 Å². The van der Waals surface area contributed by atoms with Crippen LogP contribution < -0.4 is 4.74 Å². The highest BCUT2D eigenvalue weighted by atomic mass is 19.4. The van der Waals surface area contributed by atoms with Gasteiger partial charge in [0.15, 0.2) is 0 Å². The van der Waals surface area contributed by atoms with E-state index in [2.05, 4.69) is 9.47 Å². The van der Waals surface area contributed by atoms with Crippen LogP contribution in [0.2, 0.25) is 0 Å². The molecule has 0 fully saturated rings. The van der Waals surface area contributed by atoms with Crippen LogP contribution in [0.25, 0.3) is 0 Å². The van der Waals surface area contributed by atoms with Crippen molar-refractivity contribution < 1.29 is 45.7 Å². The van der Waals surface area contributed by atoms with Gasteiger partial charge in [0, 0.05) is 12.7 Å². The van der Waals surface area contributed by atoms with E-state index >= 15 is 0 Å². The summed E-state index contributed by atoms with van der Waals surface area (Å²) in [5.41, 5.74) is -5.11. The number of hydrogen-bond donors (Lipinski definition) is 1. The Balaban J connectivity index is 2.43. The second-order valence-electron chi connectivity index (χ2n) is 6.42. The summed E-state index contributed by atoms with van der Waals surface area (Å²) >= 11 is 0. The molecular formula is C20H20F6O4. The lowest BCUT2D eigenvalue weighted by molar-refractivity contribution is -0.400. The molecule has 0 aliphatic carbocycles. The average molecular weight is 438 g/mol. The number of aryl methyl sites for hydroxylation is 2. The van der Waals surface area contributed by atoms with Gasteiger partial charge in [0.1, 0.15) is 18.3 Å². The minimum Gasteiger partial charge on any atom is -0.508 e. The van der Waals surface area contributed by atoms with Crippen molar-refractivity contribution in [1.29, 1.82) is 0 Å². The van der Waals surface area contributed by atoms with Crippen molar-refractivity contribution in [2.45, 2.75) is 30.8 Å². The topological polar surface area (TPSA) is 47.9 Å². The summed E-state index contributed by atoms with van der Waals surface area (Å²) in [7, 11) is 2.40. The molecular weight excluding hydrogens is 418 g/mol. The van der Waals surface area contributed by atoms with Crippen molar-refractivity contribution in [3.63, 3.8) is 0 Å². The van der Waals surface area contributed by atoms with Gasteiger partial charge >= 0.3 is 12.4 Å². The molecule has 0 radical (unpaired) electrons. The van der Waals surface area contributed by atoms with Crippen LogP contribution in [-0.4, -0.2) is 38.5 Å². The number of rotatable bonds is 8. The van der Waals surface area contributed by atoms with Gasteiger partial charge in [0.25, 0.3) is 5.60 Å². The predicted molar refractivity (Wildman–Crippen MR) is 95.3 cm³/mol. The Morgan fingerprint density at radius 2 is 1.43 bits per heavy atom. The van der Waals surface area contributed by atoms with Crippen LogP contribution >= 0.6 is 0 Å². The van der Waals surface area contributed by atoms with Crippen molar-refractivity contribution >= 4 is 0 Å². The van der Waals surface area contributed by atoms with Gasteiger partial charge in [-0.1, -0.05) is 18.2 Å². The molecule has 0 amide bonds. The predicted octanol–water partition coefficient (Wildman–Crippen LogP) is 5.13. The number of methoxy groups -OCH3 is 2. The zero-order valence-corrected chi connectivity index (χ0v) is 16.1. The normalized spacial score (nSPS) is 12.8. The minimum atomic E-state index is -5.83. The third kappa shape index (κ3) is 4.81. The molecule has 1 N–H and O–H groups in total. The Kier molecular flexibility index (Phi) is 7.25. The van der Waals surface area contributed by atoms with Gasteiger partial charge in [-0.15, -0.1) is 0 Å². The molecule has 0 atom stereocenters. The Labute approximate surface area is 169 Å². The molecule has 0 aromatic heterocycles. The number of benzene rings is 2. The summed E-state index contributed by atoms with van der Waals surface area (Å²) in [5, 5.41) is 9.99. The van der Waals surface area contributed by atoms with E-state index in [9.17, 15) is 31.4 Å². The SMILES string of the molecule is COCOC(c1ccc(O)c(CCc2ccc(OC)cc2)c1)(C(F)(F)F)C(F)(F)F. The fourth-order valence-corrected chi connectivity index (χ4v) is 2.96. The molecule has 10 heteroatoms. The number of halogens is 6. The molecule has 30 heavy (non-hydrogen) atoms. The lowest BCUT2D eigenvalue weighted by Crippen LogP contribution is -2.56. The van der Waals surface area contributed by atoms with Gasteiger partial charge in [0.05, 0.1) is 7.11 Å². The maximum absolute atomic E-state index is 13.7. The summed E-state index contributed by atoms with van der Waals surface area (Å²) in [6.07, 6.45) is -11.4. The number of aromatic hydroxyl groups is 1. The first-order valence-electron chi connectivity index (χ1n) is 8.68. The Bertz CT molecular complexity index is 817. The van der Waals surface area contributed by atoms with Crippen LogP contribution in [0.15, 0.2) is 42.5 Å². The van der Waals surface area contributed by atoms with Crippen LogP contribution in [0.1, 0.15) is 16.7 Å². The first kappa shape index (κ1) is 23.8. The number of phenolic OH excluding ortho intramolecular Hbond substituents is 1. The largest absolute Gasteiger partial charge is 0.508 e. The van der Waals surface area contributed by atoms with Gasteiger partial charge in [-0.2, -0.15) is 26.3 Å². The number of phenols is 1. The molecule has 0 saturated heterocycles. The van der Waals surface area contributed by atoms with Gasteiger partial charge in [-0.25, -0.2) is 0 Å². The van der Waals surface area contributed by atoms with Crippen molar-refractivity contribution in [2.75, 3.05) is 21.0 Å². The monoisotopic (exact) mass is 438 g/mol. The maximum Gasteiger partial charge on any atom is 0.430 e. The zero-order valence-electron chi connectivity index (χ0n) is 16.1. The summed E-state index contributed by atoms with van der Waals surface area (Å²) in [6, 6.07) is 8.75. The van der Waals surface area contributed by atoms with Gasteiger partial charge in [0.2, 0.25) is 0 Å². The van der Waals surface area contributed by atoms with E-state index < -0.39 is 36.1 Å². The van der Waals surface area contributed by atoms with E-state index in [1.165, 1.54) is 7.11 Å². The minimum absolute atomic E-state index is 0.00206. The van der Waals surface area contributed by atoms with Crippen LogP contribution in [0, 0.1) is 0 Å². The Morgan fingerprint density at radius 3 is 1.93 bits per heavy atom. The molecule has 0 unspecified atom stereocenters. The van der Waals surface area contributed by atoms with E-state index in [0.29, 0.717) is 17.9 Å². The van der Waals surface area contributed by atoms with Crippen LogP contribution in [0.5, 0.6) is 11.5 Å². The van der Waals surface area contributed by atoms with E-state index in [-0.39, 0.29) is 18.4 Å². The van der Waals surface area contributed by atoms with Crippen molar-refractivity contribution in [1.82, 2.24) is 0 Å². The Hall–Kier alpha value is -2.46. The molecule has 4 nitrogen and oxygen atoms in total. The van der Waals surface area contributed by atoms with Crippen LogP contribution in [0.4, 0.5) is 26.3 Å². The summed E-state index contributed by atoms with van der Waals surface area (Å²) < 4.78 is 95.5. The molecule has 0 spiro atoms. The van der Waals surface area contributed by atoms with Crippen molar-refractivity contribution in [2.24, 2.45) is 0 Å². The quantitative estimate of drug-likeness (QED) is 0.459. The standard InChI is InChI=1S/C20H20F6O4/c1-28-12-30-18(19(21,22)23,20(24,25)26)15-7-10-17(27)14(11-15)6-3-13-4-8-16(29-2)9-5-13/h4-5,7-11,27H,3,6,12H2,1-2H3. The molecule has 2 aromatic carbocycles. The fraction of sp³-hybridized carbons (Fsp3) is 0.400. The van der Waals surface area contributed by atoms with E-state index in [4.69, 9.17) is 4.74 Å². The van der Waals surface area contributed by atoms with E-state index in [0.717, 1.165) is 18.7 Å². The van der Waals surface area contributed by atoms with Gasteiger partial charge in [-0.3, -0.25) is 0 Å². The second-order valence-corrected chi connectivity index (χ2v) is 6.42. The highest BCUT2D eigenvalue weighted by Crippen LogP contribution is 2.53. The first-order valence-corrected chi connectivity index (χ1v) is 8.68. The van der Waals surface area contributed by atoms with Crippen LogP contribution in [0.3, 0.4) is 0 Å². The molecule has 0 saturated carbocycles. The summed E-state index contributed by atoms with van der Waals surface area (Å²) in [6.45, 7) is -1.24. The molecule has 2 aromatic rings. The lowest BCUT2D eigenvalue weighted by atomic mass is 9.89. The number of ether oxygens (including phenoxy) is 3. The third-order valence-corrected chi connectivity index (χ3v) is 4.52. The number of hydrogen-bond acceptors (Lipinski definition) is 4. The summed E-state index contributed by atoms with van der Waals surface area (Å²) in [4.78, 5) is 0. The molecule has 0 heterocycles. The first-order chi connectivity index (χ1) is 14.0. The molecule has 166 valence electrons. The van der Waals surface area contributed by atoms with Crippen molar-refractivity contribution in [3.8, 4) is 11.5 Å². The maximum atomic E-state index is 13.7. The lowest BCUT2D eigenvalue weighted by Gasteiger charge is -2.37. The zero-order chi connectivity index (χ0) is 22.6. The molecule has 0 aliphatic rings.